The van der Waals surface area contributed by atoms with E-state index in [2.05, 4.69) is 22.5 Å². The summed E-state index contributed by atoms with van der Waals surface area (Å²) in [6.45, 7) is 4.10. The van der Waals surface area contributed by atoms with E-state index in [-0.39, 0.29) is 31.2 Å². The van der Waals surface area contributed by atoms with Crippen LogP contribution in [0.2, 0.25) is 5.02 Å². The summed E-state index contributed by atoms with van der Waals surface area (Å²) in [5.41, 5.74) is 3.85. The van der Waals surface area contributed by atoms with Crippen molar-refractivity contribution in [3.05, 3.63) is 136 Å². The summed E-state index contributed by atoms with van der Waals surface area (Å²) in [5, 5.41) is 27.3. The maximum atomic E-state index is 13.1. The van der Waals surface area contributed by atoms with E-state index in [0.29, 0.717) is 43.2 Å². The van der Waals surface area contributed by atoms with Crippen LogP contribution in [-0.2, 0) is 37.6 Å². The molecule has 2 aliphatic rings. The van der Waals surface area contributed by atoms with E-state index in [1.54, 1.807) is 12.1 Å². The third kappa shape index (κ3) is 9.19. The van der Waals surface area contributed by atoms with Gasteiger partial charge in [0.15, 0.2) is 6.29 Å². The Hall–Kier alpha value is -4.29. The SMILES string of the molecule is COC(=O)[C@H](Cc1ccccc1)NC(=O)Nc1cccc([C@@H]2O[C@H](CN3CCC(O)(c4ccc(Cl)cc4)CC3)[C@H](C)[C@H](c3ccc(CO)cc3)O2)c1. The van der Waals surface area contributed by atoms with Crippen LogP contribution in [-0.4, -0.2) is 66.0 Å². The van der Waals surface area contributed by atoms with Crippen LogP contribution in [0.5, 0.6) is 0 Å². The Morgan fingerprint density at radius 1 is 0.923 bits per heavy atom. The van der Waals surface area contributed by atoms with Gasteiger partial charge in [-0.2, -0.15) is 0 Å². The molecular formula is C41H46ClN3O7. The van der Waals surface area contributed by atoms with Gasteiger partial charge in [-0.25, -0.2) is 9.59 Å². The Morgan fingerprint density at radius 2 is 1.63 bits per heavy atom. The van der Waals surface area contributed by atoms with Crippen LogP contribution in [0, 0.1) is 5.92 Å². The molecule has 6 rings (SSSR count). The van der Waals surface area contributed by atoms with Crippen molar-refractivity contribution >= 4 is 29.3 Å². The minimum Gasteiger partial charge on any atom is -0.467 e. The number of piperidine rings is 1. The standard InChI is InChI=1S/C41H46ClN3O7/c1-27-36(25-45-21-19-41(49,20-22-45)32-15-17-33(42)18-16-32)51-39(52-37(27)30-13-11-29(26-46)12-14-30)31-9-6-10-34(24-31)43-40(48)44-35(38(47)50-2)23-28-7-4-3-5-8-28/h3-18,24,27,35-37,39,46,49H,19-23,25-26H2,1-2H3,(H2,43,44,48)/t27-,35-,36+,37+,39+/m0/s1. The van der Waals surface area contributed by atoms with Crippen molar-refractivity contribution in [1.82, 2.24) is 10.2 Å². The van der Waals surface area contributed by atoms with E-state index < -0.39 is 29.9 Å². The minimum absolute atomic E-state index is 0.0275. The molecule has 2 amide bonds. The Balaban J connectivity index is 1.17. The van der Waals surface area contributed by atoms with Crippen molar-refractivity contribution in [3.8, 4) is 0 Å². The molecule has 4 aromatic rings. The molecule has 0 unspecified atom stereocenters. The number of hydrogen-bond donors (Lipinski definition) is 4. The van der Waals surface area contributed by atoms with Gasteiger partial charge in [-0.3, -0.25) is 0 Å². The highest BCUT2D eigenvalue weighted by atomic mass is 35.5. The molecule has 0 radical (unpaired) electrons. The first-order valence-corrected chi connectivity index (χ1v) is 18.0. The molecule has 0 aromatic heterocycles. The maximum Gasteiger partial charge on any atom is 0.328 e. The maximum absolute atomic E-state index is 13.1. The summed E-state index contributed by atoms with van der Waals surface area (Å²) < 4.78 is 18.3. The smallest absolute Gasteiger partial charge is 0.328 e. The number of benzene rings is 4. The summed E-state index contributed by atoms with van der Waals surface area (Å²) >= 11 is 6.10. The molecule has 0 saturated carbocycles. The third-order valence-corrected chi connectivity index (χ3v) is 10.4. The fraction of sp³-hybridized carbons (Fsp3) is 0.366. The second-order valence-corrected chi connectivity index (χ2v) is 14.1. The van der Waals surface area contributed by atoms with Gasteiger partial charge in [0.05, 0.1) is 31.5 Å². The van der Waals surface area contributed by atoms with Crippen molar-refractivity contribution in [2.75, 3.05) is 32.1 Å². The zero-order valence-electron chi connectivity index (χ0n) is 29.4. The normalized spacial score (nSPS) is 22.2. The van der Waals surface area contributed by atoms with Crippen LogP contribution in [0.3, 0.4) is 0 Å². The predicted octanol–water partition coefficient (Wildman–Crippen LogP) is 6.51. The van der Waals surface area contributed by atoms with Crippen molar-refractivity contribution in [2.24, 2.45) is 5.92 Å². The Bertz CT molecular complexity index is 1780. The summed E-state index contributed by atoms with van der Waals surface area (Å²) in [4.78, 5) is 28.0. The molecule has 2 aliphatic heterocycles. The Labute approximate surface area is 309 Å². The molecule has 4 N–H and O–H groups in total. The van der Waals surface area contributed by atoms with E-state index in [1.165, 1.54) is 7.11 Å². The first-order valence-electron chi connectivity index (χ1n) is 17.6. The quantitative estimate of drug-likeness (QED) is 0.129. The van der Waals surface area contributed by atoms with Gasteiger partial charge in [-0.15, -0.1) is 0 Å². The number of amides is 2. The molecule has 4 aromatic carbocycles. The van der Waals surface area contributed by atoms with E-state index in [9.17, 15) is 19.8 Å². The number of aliphatic hydroxyl groups is 2. The number of aliphatic hydroxyl groups excluding tert-OH is 1. The summed E-state index contributed by atoms with van der Waals surface area (Å²) in [5.74, 6) is -0.571. The zero-order chi connectivity index (χ0) is 36.7. The van der Waals surface area contributed by atoms with E-state index in [1.807, 2.05) is 91.0 Å². The summed E-state index contributed by atoms with van der Waals surface area (Å²) in [7, 11) is 1.29. The molecular weight excluding hydrogens is 682 g/mol. The summed E-state index contributed by atoms with van der Waals surface area (Å²) in [6.07, 6.45) is 0.166. The van der Waals surface area contributed by atoms with E-state index in [0.717, 1.165) is 27.8 Å². The molecule has 2 fully saturated rings. The van der Waals surface area contributed by atoms with Crippen molar-refractivity contribution in [1.29, 1.82) is 0 Å². The summed E-state index contributed by atoms with van der Waals surface area (Å²) in [6, 6.07) is 30.4. The second kappa shape index (κ2) is 17.0. The van der Waals surface area contributed by atoms with Gasteiger partial charge < -0.3 is 40.0 Å². The van der Waals surface area contributed by atoms with Crippen molar-refractivity contribution in [3.63, 3.8) is 0 Å². The molecule has 52 heavy (non-hydrogen) atoms. The van der Waals surface area contributed by atoms with Gasteiger partial charge in [0.1, 0.15) is 6.04 Å². The van der Waals surface area contributed by atoms with Crippen LogP contribution >= 0.6 is 11.6 Å². The number of rotatable bonds is 11. The lowest BCUT2D eigenvalue weighted by atomic mass is 9.84. The average Bonchev–Trinajstić information content (AvgIpc) is 3.16. The average molecular weight is 728 g/mol. The van der Waals surface area contributed by atoms with E-state index in [4.69, 9.17) is 25.8 Å². The lowest BCUT2D eigenvalue weighted by Gasteiger charge is -2.45. The third-order valence-electron chi connectivity index (χ3n) is 10.1. The Morgan fingerprint density at radius 3 is 2.31 bits per heavy atom. The number of nitrogens with zero attached hydrogens (tertiary/aromatic N) is 1. The van der Waals surface area contributed by atoms with Crippen LogP contribution in [0.25, 0.3) is 0 Å². The zero-order valence-corrected chi connectivity index (χ0v) is 30.2. The van der Waals surface area contributed by atoms with Crippen LogP contribution in [0.4, 0.5) is 10.5 Å². The Kier molecular flexibility index (Phi) is 12.3. The fourth-order valence-electron chi connectivity index (χ4n) is 7.01. The number of hydrogen-bond acceptors (Lipinski definition) is 8. The van der Waals surface area contributed by atoms with Gasteiger partial charge in [0.25, 0.3) is 0 Å². The van der Waals surface area contributed by atoms with Crippen molar-refractivity contribution in [2.45, 2.75) is 62.9 Å². The topological polar surface area (TPSA) is 130 Å². The number of nitrogens with one attached hydrogen (secondary N) is 2. The first kappa shape index (κ1) is 37.5. The number of urea groups is 1. The van der Waals surface area contributed by atoms with Crippen LogP contribution in [0.15, 0.2) is 103 Å². The van der Waals surface area contributed by atoms with E-state index >= 15 is 0 Å². The minimum atomic E-state index is -0.916. The number of carbonyl (C=O) groups excluding carboxylic acids is 2. The number of anilines is 1. The highest BCUT2D eigenvalue weighted by Crippen LogP contribution is 2.43. The number of esters is 1. The van der Waals surface area contributed by atoms with Gasteiger partial charge in [0, 0.05) is 48.2 Å². The molecule has 5 atom stereocenters. The molecule has 0 aliphatic carbocycles. The van der Waals surface area contributed by atoms with Crippen LogP contribution in [0.1, 0.15) is 60.0 Å². The number of carbonyl (C=O) groups is 2. The molecule has 0 spiro atoms. The molecule has 0 bridgehead atoms. The van der Waals surface area contributed by atoms with Gasteiger partial charge in [-0.1, -0.05) is 97.4 Å². The molecule has 2 saturated heterocycles. The van der Waals surface area contributed by atoms with Crippen LogP contribution < -0.4 is 10.6 Å². The van der Waals surface area contributed by atoms with Gasteiger partial charge >= 0.3 is 12.0 Å². The molecule has 2 heterocycles. The predicted molar refractivity (Wildman–Crippen MR) is 199 cm³/mol. The molecule has 10 nitrogen and oxygen atoms in total. The fourth-order valence-corrected chi connectivity index (χ4v) is 7.14. The molecule has 274 valence electrons. The highest BCUT2D eigenvalue weighted by Gasteiger charge is 2.41. The van der Waals surface area contributed by atoms with Gasteiger partial charge in [0.2, 0.25) is 0 Å². The lowest BCUT2D eigenvalue weighted by molar-refractivity contribution is -0.277. The number of likely N-dealkylation sites (tertiary alicyclic amines) is 1. The van der Waals surface area contributed by atoms with Crippen molar-refractivity contribution < 1.29 is 34.0 Å². The lowest BCUT2D eigenvalue weighted by Crippen LogP contribution is -2.49. The first-order chi connectivity index (χ1) is 25.1. The molecule has 11 heteroatoms. The number of ether oxygens (including phenoxy) is 3. The highest BCUT2D eigenvalue weighted by molar-refractivity contribution is 6.30. The second-order valence-electron chi connectivity index (χ2n) is 13.7. The van der Waals surface area contributed by atoms with Gasteiger partial charge in [-0.05, 0) is 59.4 Å². The monoisotopic (exact) mass is 727 g/mol. The number of methoxy groups -OCH3 is 1. The largest absolute Gasteiger partial charge is 0.467 e. The number of halogens is 1.